The van der Waals surface area contributed by atoms with Gasteiger partial charge in [-0.2, -0.15) is 0 Å². The Bertz CT molecular complexity index is 620. The van der Waals surface area contributed by atoms with E-state index in [1.807, 2.05) is 10.8 Å². The molecule has 21 heavy (non-hydrogen) atoms. The van der Waals surface area contributed by atoms with Gasteiger partial charge in [-0.15, -0.1) is 0 Å². The van der Waals surface area contributed by atoms with Crippen LogP contribution < -0.4 is 9.47 Å². The number of aryl methyl sites for hydroxylation is 1. The Morgan fingerprint density at radius 1 is 1.29 bits per heavy atom. The van der Waals surface area contributed by atoms with Gasteiger partial charge in [0.05, 0.1) is 26.2 Å². The second kappa shape index (κ2) is 6.92. The fraction of sp³-hybridized carbons (Fsp3) is 0.375. The smallest absolute Gasteiger partial charge is 0.174 e. The molecule has 2 rings (SSSR count). The zero-order valence-corrected chi connectivity index (χ0v) is 12.6. The third-order valence-corrected chi connectivity index (χ3v) is 3.29. The van der Waals surface area contributed by atoms with Gasteiger partial charge in [0.15, 0.2) is 5.78 Å². The van der Waals surface area contributed by atoms with E-state index in [1.165, 1.54) is 0 Å². The highest BCUT2D eigenvalue weighted by Crippen LogP contribution is 2.25. The van der Waals surface area contributed by atoms with E-state index in [4.69, 9.17) is 9.47 Å². The lowest BCUT2D eigenvalue weighted by molar-refractivity contribution is 0.0986. The van der Waals surface area contributed by atoms with Gasteiger partial charge in [0.1, 0.15) is 17.3 Å². The molecule has 0 bridgehead atoms. The highest BCUT2D eigenvalue weighted by Gasteiger charge is 2.16. The molecule has 0 fully saturated rings. The van der Waals surface area contributed by atoms with E-state index in [9.17, 15) is 4.79 Å². The molecular formula is C16H20N2O3. The summed E-state index contributed by atoms with van der Waals surface area (Å²) in [5.41, 5.74) is 0.546. The Labute approximate surface area is 124 Å². The number of ether oxygens (including phenoxy) is 2. The van der Waals surface area contributed by atoms with E-state index in [-0.39, 0.29) is 12.2 Å². The van der Waals surface area contributed by atoms with Gasteiger partial charge >= 0.3 is 0 Å². The molecule has 1 aromatic carbocycles. The fourth-order valence-corrected chi connectivity index (χ4v) is 2.22. The molecule has 5 heteroatoms. The fourth-order valence-electron chi connectivity index (χ4n) is 2.22. The number of ketones is 1. The molecule has 0 radical (unpaired) electrons. The molecule has 0 aliphatic rings. The summed E-state index contributed by atoms with van der Waals surface area (Å²) in [6.45, 7) is 2.96. The standard InChI is InChI=1S/C16H20N2O3/c1-4-8-18-9-7-17-16(18)11-14(19)13-6-5-12(20-2)10-15(13)21-3/h5-7,9-10H,4,8,11H2,1-3H3. The molecule has 0 saturated heterocycles. The SMILES string of the molecule is CCCn1ccnc1CC(=O)c1ccc(OC)cc1OC. The molecule has 0 atom stereocenters. The van der Waals surface area contributed by atoms with E-state index in [1.54, 1.807) is 38.6 Å². The molecule has 0 aliphatic carbocycles. The van der Waals surface area contributed by atoms with Gasteiger partial charge < -0.3 is 14.0 Å². The number of Topliss-reactive ketones (excluding diaryl/α,β-unsaturated/α-hetero) is 1. The summed E-state index contributed by atoms with van der Waals surface area (Å²) in [7, 11) is 3.13. The summed E-state index contributed by atoms with van der Waals surface area (Å²) in [6.07, 6.45) is 4.89. The molecule has 5 nitrogen and oxygen atoms in total. The normalized spacial score (nSPS) is 10.4. The number of carbonyl (C=O) groups is 1. The maximum absolute atomic E-state index is 12.5. The van der Waals surface area contributed by atoms with E-state index in [0.717, 1.165) is 18.8 Å². The van der Waals surface area contributed by atoms with Crippen molar-refractivity contribution in [1.82, 2.24) is 9.55 Å². The molecular weight excluding hydrogens is 268 g/mol. The van der Waals surface area contributed by atoms with Crippen molar-refractivity contribution in [2.75, 3.05) is 14.2 Å². The number of carbonyl (C=O) groups excluding carboxylic acids is 1. The Kier molecular flexibility index (Phi) is 4.98. The monoisotopic (exact) mass is 288 g/mol. The molecule has 1 heterocycles. The molecule has 1 aromatic heterocycles. The Hall–Kier alpha value is -2.30. The largest absolute Gasteiger partial charge is 0.497 e. The second-order valence-corrected chi connectivity index (χ2v) is 4.70. The van der Waals surface area contributed by atoms with E-state index in [0.29, 0.717) is 17.1 Å². The zero-order chi connectivity index (χ0) is 15.2. The van der Waals surface area contributed by atoms with Crippen LogP contribution in [0.4, 0.5) is 0 Å². The number of hydrogen-bond acceptors (Lipinski definition) is 4. The number of hydrogen-bond donors (Lipinski definition) is 0. The van der Waals surface area contributed by atoms with Crippen molar-refractivity contribution in [1.29, 1.82) is 0 Å². The van der Waals surface area contributed by atoms with Gasteiger partial charge in [0.2, 0.25) is 0 Å². The highest BCUT2D eigenvalue weighted by atomic mass is 16.5. The van der Waals surface area contributed by atoms with E-state index < -0.39 is 0 Å². The van der Waals surface area contributed by atoms with Crippen molar-refractivity contribution in [2.24, 2.45) is 0 Å². The third kappa shape index (κ3) is 3.42. The average molecular weight is 288 g/mol. The van der Waals surface area contributed by atoms with E-state index in [2.05, 4.69) is 11.9 Å². The molecule has 0 saturated carbocycles. The summed E-state index contributed by atoms with van der Waals surface area (Å²) < 4.78 is 12.4. The number of imidazole rings is 1. The van der Waals surface area contributed by atoms with Crippen LogP contribution in [-0.4, -0.2) is 29.6 Å². The predicted octanol–water partition coefficient (Wildman–Crippen LogP) is 2.74. The van der Waals surface area contributed by atoms with Crippen LogP contribution in [0.3, 0.4) is 0 Å². The Morgan fingerprint density at radius 2 is 2.10 bits per heavy atom. The maximum atomic E-state index is 12.5. The van der Waals surface area contributed by atoms with Gasteiger partial charge in [-0.1, -0.05) is 6.92 Å². The Morgan fingerprint density at radius 3 is 2.76 bits per heavy atom. The van der Waals surface area contributed by atoms with Crippen LogP contribution in [0.15, 0.2) is 30.6 Å². The minimum atomic E-state index is -0.0157. The first-order chi connectivity index (χ1) is 10.2. The van der Waals surface area contributed by atoms with Crippen LogP contribution in [-0.2, 0) is 13.0 Å². The highest BCUT2D eigenvalue weighted by molar-refractivity contribution is 5.99. The van der Waals surface area contributed by atoms with Crippen LogP contribution in [0.2, 0.25) is 0 Å². The topological polar surface area (TPSA) is 53.4 Å². The minimum Gasteiger partial charge on any atom is -0.497 e. The van der Waals surface area contributed by atoms with Gasteiger partial charge in [-0.05, 0) is 18.6 Å². The van der Waals surface area contributed by atoms with Crippen LogP contribution >= 0.6 is 0 Å². The van der Waals surface area contributed by atoms with Crippen molar-refractivity contribution in [3.63, 3.8) is 0 Å². The quantitative estimate of drug-likeness (QED) is 0.735. The van der Waals surface area contributed by atoms with Gasteiger partial charge in [0.25, 0.3) is 0 Å². The third-order valence-electron chi connectivity index (χ3n) is 3.29. The molecule has 0 N–H and O–H groups in total. The number of rotatable bonds is 7. The summed E-state index contributed by atoms with van der Waals surface area (Å²) in [4.78, 5) is 16.7. The minimum absolute atomic E-state index is 0.0157. The number of aromatic nitrogens is 2. The second-order valence-electron chi connectivity index (χ2n) is 4.70. The maximum Gasteiger partial charge on any atom is 0.174 e. The summed E-state index contributed by atoms with van der Waals surface area (Å²) in [5.74, 6) is 1.95. The lowest BCUT2D eigenvalue weighted by Gasteiger charge is -2.10. The first kappa shape index (κ1) is 15.1. The van der Waals surface area contributed by atoms with E-state index >= 15 is 0 Å². The van der Waals surface area contributed by atoms with Crippen LogP contribution in [0.5, 0.6) is 11.5 Å². The predicted molar refractivity (Wildman–Crippen MR) is 80.1 cm³/mol. The summed E-state index contributed by atoms with van der Waals surface area (Å²) in [5, 5.41) is 0. The lowest BCUT2D eigenvalue weighted by atomic mass is 10.1. The number of methoxy groups -OCH3 is 2. The first-order valence-electron chi connectivity index (χ1n) is 6.94. The van der Waals surface area contributed by atoms with Gasteiger partial charge in [-0.3, -0.25) is 4.79 Å². The van der Waals surface area contributed by atoms with Crippen molar-refractivity contribution >= 4 is 5.78 Å². The average Bonchev–Trinajstić information content (AvgIpc) is 2.94. The van der Waals surface area contributed by atoms with Crippen molar-refractivity contribution in [3.8, 4) is 11.5 Å². The van der Waals surface area contributed by atoms with Crippen LogP contribution in [0, 0.1) is 0 Å². The van der Waals surface area contributed by atoms with Crippen LogP contribution in [0.25, 0.3) is 0 Å². The molecule has 0 aliphatic heterocycles. The van der Waals surface area contributed by atoms with Crippen molar-refractivity contribution < 1.29 is 14.3 Å². The summed E-state index contributed by atoms with van der Waals surface area (Å²) >= 11 is 0. The molecule has 0 unspecified atom stereocenters. The molecule has 0 amide bonds. The van der Waals surface area contributed by atoms with Crippen molar-refractivity contribution in [2.45, 2.75) is 26.3 Å². The first-order valence-corrected chi connectivity index (χ1v) is 6.94. The van der Waals surface area contributed by atoms with Gasteiger partial charge in [0, 0.05) is 25.0 Å². The lowest BCUT2D eigenvalue weighted by Crippen LogP contribution is -2.11. The van der Waals surface area contributed by atoms with Crippen LogP contribution in [0.1, 0.15) is 29.5 Å². The molecule has 0 spiro atoms. The number of benzene rings is 1. The van der Waals surface area contributed by atoms with Gasteiger partial charge in [-0.25, -0.2) is 4.98 Å². The Balaban J connectivity index is 2.22. The van der Waals surface area contributed by atoms with Crippen molar-refractivity contribution in [3.05, 3.63) is 42.0 Å². The molecule has 112 valence electrons. The number of nitrogens with zero attached hydrogens (tertiary/aromatic N) is 2. The zero-order valence-electron chi connectivity index (χ0n) is 12.6. The molecule has 2 aromatic rings. The summed E-state index contributed by atoms with van der Waals surface area (Å²) in [6, 6.07) is 5.20.